The van der Waals surface area contributed by atoms with Gasteiger partial charge in [-0.2, -0.15) is 0 Å². The molecule has 0 saturated carbocycles. The lowest BCUT2D eigenvalue weighted by atomic mass is 9.90. The van der Waals surface area contributed by atoms with Crippen molar-refractivity contribution in [2.75, 3.05) is 0 Å². The van der Waals surface area contributed by atoms with Gasteiger partial charge in [-0.05, 0) is 5.92 Å². The van der Waals surface area contributed by atoms with Gasteiger partial charge >= 0.3 is 0 Å². The average Bonchev–Trinajstić information content (AvgIpc) is 2.91. The highest BCUT2D eigenvalue weighted by atomic mass is 14.1. The Labute approximate surface area is 238 Å². The van der Waals surface area contributed by atoms with Crippen LogP contribution in [0, 0.1) is 5.92 Å². The van der Waals surface area contributed by atoms with Crippen LogP contribution in [0.4, 0.5) is 0 Å². The fourth-order valence-corrected chi connectivity index (χ4v) is 6.18. The SMILES string of the molecule is CCCCCCCCCCCCCCCCCCCCCCCC(CCCC)CCCCCCCCC. The van der Waals surface area contributed by atoms with Gasteiger partial charge in [-0.3, -0.25) is 0 Å². The monoisotopic (exact) mass is 521 g/mol. The summed E-state index contributed by atoms with van der Waals surface area (Å²) in [7, 11) is 0. The summed E-state index contributed by atoms with van der Waals surface area (Å²) >= 11 is 0. The van der Waals surface area contributed by atoms with E-state index in [0.29, 0.717) is 0 Å². The van der Waals surface area contributed by atoms with Gasteiger partial charge in [-0.25, -0.2) is 0 Å². The summed E-state index contributed by atoms with van der Waals surface area (Å²) in [4.78, 5) is 0. The molecule has 0 bridgehead atoms. The molecule has 0 spiro atoms. The van der Waals surface area contributed by atoms with Crippen molar-refractivity contribution in [3.05, 3.63) is 0 Å². The molecule has 1 atom stereocenters. The Hall–Kier alpha value is 0. The van der Waals surface area contributed by atoms with Crippen molar-refractivity contribution in [2.45, 2.75) is 233 Å². The van der Waals surface area contributed by atoms with Crippen LogP contribution in [0.1, 0.15) is 233 Å². The first-order valence-electron chi connectivity index (χ1n) is 18.3. The summed E-state index contributed by atoms with van der Waals surface area (Å²) in [6.45, 7) is 6.99. The van der Waals surface area contributed by atoms with Crippen molar-refractivity contribution < 1.29 is 0 Å². The molecule has 0 aliphatic carbocycles. The first-order chi connectivity index (χ1) is 18.3. The first-order valence-corrected chi connectivity index (χ1v) is 18.3. The molecule has 37 heavy (non-hydrogen) atoms. The highest BCUT2D eigenvalue weighted by molar-refractivity contribution is 4.61. The molecule has 0 aromatic rings. The lowest BCUT2D eigenvalue weighted by molar-refractivity contribution is 0.370. The van der Waals surface area contributed by atoms with Gasteiger partial charge in [0.25, 0.3) is 0 Å². The molecule has 0 heteroatoms. The molecule has 0 fully saturated rings. The largest absolute Gasteiger partial charge is 0.0654 e. The number of hydrogen-bond acceptors (Lipinski definition) is 0. The molecule has 0 N–H and O–H groups in total. The summed E-state index contributed by atoms with van der Waals surface area (Å²) < 4.78 is 0. The lowest BCUT2D eigenvalue weighted by Crippen LogP contribution is -2.01. The number of unbranched alkanes of at least 4 members (excludes halogenated alkanes) is 27. The van der Waals surface area contributed by atoms with Gasteiger partial charge in [0.05, 0.1) is 0 Å². The van der Waals surface area contributed by atoms with Crippen molar-refractivity contribution in [3.8, 4) is 0 Å². The van der Waals surface area contributed by atoms with E-state index in [1.54, 1.807) is 0 Å². The normalized spacial score (nSPS) is 12.4. The fraction of sp³-hybridized carbons (Fsp3) is 1.00. The van der Waals surface area contributed by atoms with Crippen LogP contribution in [0.25, 0.3) is 0 Å². The third-order valence-corrected chi connectivity index (χ3v) is 8.90. The van der Waals surface area contributed by atoms with E-state index in [1.165, 1.54) is 212 Å². The molecule has 0 nitrogen and oxygen atoms in total. The summed E-state index contributed by atoms with van der Waals surface area (Å²) in [5.41, 5.74) is 0. The van der Waals surface area contributed by atoms with E-state index in [1.807, 2.05) is 0 Å². The Morgan fingerprint density at radius 3 is 0.649 bits per heavy atom. The third kappa shape index (κ3) is 32.1. The van der Waals surface area contributed by atoms with Gasteiger partial charge in [0.1, 0.15) is 0 Å². The smallest absolute Gasteiger partial charge is 0.0414 e. The Balaban J connectivity index is 3.35. The van der Waals surface area contributed by atoms with Crippen LogP contribution in [-0.4, -0.2) is 0 Å². The van der Waals surface area contributed by atoms with Gasteiger partial charge in [0.2, 0.25) is 0 Å². The molecule has 0 saturated heterocycles. The highest BCUT2D eigenvalue weighted by Gasteiger charge is 2.08. The maximum atomic E-state index is 2.36. The number of rotatable bonds is 33. The summed E-state index contributed by atoms with van der Waals surface area (Å²) in [6.07, 6.45) is 48.8. The predicted octanol–water partition coefficient (Wildman–Crippen LogP) is 14.5. The van der Waals surface area contributed by atoms with E-state index >= 15 is 0 Å². The quantitative estimate of drug-likeness (QED) is 0.0754. The Bertz CT molecular complexity index is 372. The minimum absolute atomic E-state index is 1.04. The second-order valence-corrected chi connectivity index (χ2v) is 12.8. The van der Waals surface area contributed by atoms with E-state index in [2.05, 4.69) is 20.8 Å². The van der Waals surface area contributed by atoms with Crippen LogP contribution in [0.2, 0.25) is 0 Å². The zero-order valence-electron chi connectivity index (χ0n) is 26.9. The molecule has 0 heterocycles. The van der Waals surface area contributed by atoms with E-state index < -0.39 is 0 Å². The van der Waals surface area contributed by atoms with Crippen LogP contribution in [0.15, 0.2) is 0 Å². The van der Waals surface area contributed by atoms with Crippen molar-refractivity contribution in [1.29, 1.82) is 0 Å². The molecular formula is C37H76. The number of hydrogen-bond donors (Lipinski definition) is 0. The third-order valence-electron chi connectivity index (χ3n) is 8.90. The molecule has 224 valence electrons. The zero-order valence-corrected chi connectivity index (χ0v) is 26.9. The molecule has 0 aromatic carbocycles. The summed E-state index contributed by atoms with van der Waals surface area (Å²) in [5.74, 6) is 1.04. The predicted molar refractivity (Wildman–Crippen MR) is 173 cm³/mol. The Kier molecular flexibility index (Phi) is 34.0. The second-order valence-electron chi connectivity index (χ2n) is 12.8. The molecule has 0 rings (SSSR count). The van der Waals surface area contributed by atoms with Crippen molar-refractivity contribution >= 4 is 0 Å². The van der Waals surface area contributed by atoms with Crippen LogP contribution in [0.5, 0.6) is 0 Å². The van der Waals surface area contributed by atoms with Crippen LogP contribution in [0.3, 0.4) is 0 Å². The van der Waals surface area contributed by atoms with Gasteiger partial charge in [-0.1, -0.05) is 233 Å². The van der Waals surface area contributed by atoms with E-state index in [4.69, 9.17) is 0 Å². The maximum Gasteiger partial charge on any atom is -0.0414 e. The van der Waals surface area contributed by atoms with E-state index in [-0.39, 0.29) is 0 Å². The summed E-state index contributed by atoms with van der Waals surface area (Å²) in [6, 6.07) is 0. The minimum Gasteiger partial charge on any atom is -0.0654 e. The van der Waals surface area contributed by atoms with Crippen LogP contribution < -0.4 is 0 Å². The minimum atomic E-state index is 1.04. The molecular weight excluding hydrogens is 444 g/mol. The molecule has 1 unspecified atom stereocenters. The average molecular weight is 521 g/mol. The second kappa shape index (κ2) is 34.0. The van der Waals surface area contributed by atoms with Gasteiger partial charge < -0.3 is 0 Å². The maximum absolute atomic E-state index is 2.36. The van der Waals surface area contributed by atoms with Crippen molar-refractivity contribution in [3.63, 3.8) is 0 Å². The Morgan fingerprint density at radius 2 is 0.405 bits per heavy atom. The molecule has 0 radical (unpaired) electrons. The first kappa shape index (κ1) is 37.0. The van der Waals surface area contributed by atoms with Gasteiger partial charge in [-0.15, -0.1) is 0 Å². The molecule has 0 aliphatic heterocycles. The van der Waals surface area contributed by atoms with Crippen LogP contribution >= 0.6 is 0 Å². The summed E-state index contributed by atoms with van der Waals surface area (Å²) in [5, 5.41) is 0. The molecule has 0 amide bonds. The topological polar surface area (TPSA) is 0 Å². The van der Waals surface area contributed by atoms with Gasteiger partial charge in [0.15, 0.2) is 0 Å². The highest BCUT2D eigenvalue weighted by Crippen LogP contribution is 2.24. The Morgan fingerprint density at radius 1 is 0.216 bits per heavy atom. The van der Waals surface area contributed by atoms with Gasteiger partial charge in [0, 0.05) is 0 Å². The zero-order chi connectivity index (χ0) is 26.9. The van der Waals surface area contributed by atoms with Crippen molar-refractivity contribution in [1.82, 2.24) is 0 Å². The molecule has 0 aromatic heterocycles. The van der Waals surface area contributed by atoms with E-state index in [0.717, 1.165) is 5.92 Å². The lowest BCUT2D eigenvalue weighted by Gasteiger charge is -2.16. The van der Waals surface area contributed by atoms with Crippen LogP contribution in [-0.2, 0) is 0 Å². The van der Waals surface area contributed by atoms with Crippen molar-refractivity contribution in [2.24, 2.45) is 5.92 Å². The standard InChI is InChI=1S/C37H76/c1-4-7-10-12-14-15-16-17-18-19-20-21-22-23-24-25-26-27-29-31-33-36-37(34-9-6-3)35-32-30-28-13-11-8-5-2/h37H,4-36H2,1-3H3. The fourth-order valence-electron chi connectivity index (χ4n) is 6.18. The molecule has 0 aliphatic rings. The van der Waals surface area contributed by atoms with E-state index in [9.17, 15) is 0 Å².